The van der Waals surface area contributed by atoms with Gasteiger partial charge in [-0.15, -0.1) is 0 Å². The van der Waals surface area contributed by atoms with Crippen LogP contribution in [0.25, 0.3) is 0 Å². The zero-order valence-electron chi connectivity index (χ0n) is 24.0. The highest BCUT2D eigenvalue weighted by Gasteiger charge is 2.25. The SMILES string of the molecule is COc1cc(C(=O)OCCC[NH+]2CCCC(c3cc(C)c(OC)c(C)c3)C2)cc(OC)c1OC.O=C([O-])C(=O)O. The van der Waals surface area contributed by atoms with Crippen molar-refractivity contribution in [1.29, 1.82) is 0 Å². The number of ether oxygens (including phenoxy) is 5. The Labute approximate surface area is 234 Å². The van der Waals surface area contributed by atoms with Gasteiger partial charge in [-0.3, -0.25) is 0 Å². The van der Waals surface area contributed by atoms with Crippen LogP contribution >= 0.6 is 0 Å². The molecular formula is C29H39NO10. The molecule has 0 spiro atoms. The molecule has 40 heavy (non-hydrogen) atoms. The van der Waals surface area contributed by atoms with Crippen molar-refractivity contribution in [2.75, 3.05) is 54.7 Å². The number of hydrogen-bond donors (Lipinski definition) is 2. The molecule has 2 atom stereocenters. The lowest BCUT2D eigenvalue weighted by Crippen LogP contribution is -3.13. The Kier molecular flexibility index (Phi) is 12.5. The number of carboxylic acid groups (broad SMARTS) is 2. The van der Waals surface area contributed by atoms with E-state index >= 15 is 0 Å². The first-order valence-electron chi connectivity index (χ1n) is 13.0. The second-order valence-corrected chi connectivity index (χ2v) is 9.48. The van der Waals surface area contributed by atoms with Crippen molar-refractivity contribution in [1.82, 2.24) is 0 Å². The second-order valence-electron chi connectivity index (χ2n) is 9.48. The fraction of sp³-hybridized carbons (Fsp3) is 0.483. The third-order valence-electron chi connectivity index (χ3n) is 6.76. The molecule has 0 bridgehead atoms. The van der Waals surface area contributed by atoms with Crippen LogP contribution in [0.5, 0.6) is 23.0 Å². The monoisotopic (exact) mass is 561 g/mol. The molecule has 220 valence electrons. The zero-order chi connectivity index (χ0) is 29.8. The highest BCUT2D eigenvalue weighted by molar-refractivity contribution is 6.26. The molecule has 0 aliphatic carbocycles. The van der Waals surface area contributed by atoms with Gasteiger partial charge in [-0.25, -0.2) is 9.59 Å². The fourth-order valence-corrected chi connectivity index (χ4v) is 4.97. The van der Waals surface area contributed by atoms with Gasteiger partial charge in [0.1, 0.15) is 5.75 Å². The Bertz CT molecular complexity index is 1120. The van der Waals surface area contributed by atoms with Crippen molar-refractivity contribution in [3.8, 4) is 23.0 Å². The van der Waals surface area contributed by atoms with Gasteiger partial charge in [0.15, 0.2) is 17.5 Å². The van der Waals surface area contributed by atoms with Crippen molar-refractivity contribution in [3.63, 3.8) is 0 Å². The molecule has 2 unspecified atom stereocenters. The maximum Gasteiger partial charge on any atom is 0.351 e. The van der Waals surface area contributed by atoms with Gasteiger partial charge in [0.05, 0.1) is 60.2 Å². The number of methoxy groups -OCH3 is 4. The van der Waals surface area contributed by atoms with E-state index in [4.69, 9.17) is 43.5 Å². The van der Waals surface area contributed by atoms with E-state index in [1.54, 1.807) is 24.1 Å². The minimum absolute atomic E-state index is 0.379. The molecule has 2 aromatic rings. The van der Waals surface area contributed by atoms with Crippen molar-refractivity contribution in [2.45, 2.75) is 39.0 Å². The number of aliphatic carboxylic acids is 2. The van der Waals surface area contributed by atoms with E-state index in [2.05, 4.69) is 26.0 Å². The molecule has 1 heterocycles. The maximum atomic E-state index is 12.6. The number of carbonyl (C=O) groups excluding carboxylic acids is 2. The van der Waals surface area contributed by atoms with Gasteiger partial charge in [-0.2, -0.15) is 0 Å². The molecule has 3 rings (SSSR count). The molecule has 0 radical (unpaired) electrons. The van der Waals surface area contributed by atoms with E-state index in [1.165, 1.54) is 50.9 Å². The first-order valence-corrected chi connectivity index (χ1v) is 13.0. The van der Waals surface area contributed by atoms with Crippen molar-refractivity contribution >= 4 is 17.9 Å². The Hall–Kier alpha value is -3.99. The summed E-state index contributed by atoms with van der Waals surface area (Å²) in [5, 5.41) is 16.3. The number of carboxylic acids is 2. The fourth-order valence-electron chi connectivity index (χ4n) is 4.97. The second kappa shape index (κ2) is 15.6. The van der Waals surface area contributed by atoms with E-state index in [9.17, 15) is 4.79 Å². The van der Waals surface area contributed by atoms with Crippen LogP contribution in [-0.4, -0.2) is 77.7 Å². The van der Waals surface area contributed by atoms with E-state index in [0.29, 0.717) is 35.3 Å². The number of hydrogen-bond acceptors (Lipinski definition) is 9. The number of quaternary nitrogens is 1. The smallest absolute Gasteiger partial charge is 0.351 e. The Balaban J connectivity index is 0.000000840. The summed E-state index contributed by atoms with van der Waals surface area (Å²) in [4.78, 5) is 32.2. The molecule has 1 saturated heterocycles. The van der Waals surface area contributed by atoms with Gasteiger partial charge in [-0.05, 0) is 55.5 Å². The molecule has 1 aliphatic heterocycles. The minimum atomic E-state index is -2.07. The summed E-state index contributed by atoms with van der Waals surface area (Å²) in [6, 6.07) is 7.78. The predicted molar refractivity (Wildman–Crippen MR) is 144 cm³/mol. The highest BCUT2D eigenvalue weighted by atomic mass is 16.5. The summed E-state index contributed by atoms with van der Waals surface area (Å²) in [6.07, 6.45) is 3.24. The number of benzene rings is 2. The third-order valence-corrected chi connectivity index (χ3v) is 6.76. The first kappa shape index (κ1) is 32.2. The van der Waals surface area contributed by atoms with Gasteiger partial charge < -0.3 is 43.6 Å². The topological polar surface area (TPSA) is 145 Å². The average molecular weight is 562 g/mol. The summed E-state index contributed by atoms with van der Waals surface area (Å²) < 4.78 is 27.0. The lowest BCUT2D eigenvalue weighted by molar-refractivity contribution is -0.906. The molecule has 0 aromatic heterocycles. The van der Waals surface area contributed by atoms with Crippen molar-refractivity contribution in [2.24, 2.45) is 0 Å². The van der Waals surface area contributed by atoms with Crippen LogP contribution in [0.1, 0.15) is 52.2 Å². The molecular weight excluding hydrogens is 522 g/mol. The summed E-state index contributed by atoms with van der Waals surface area (Å²) in [5.41, 5.74) is 4.18. The van der Waals surface area contributed by atoms with Crippen LogP contribution in [0.3, 0.4) is 0 Å². The van der Waals surface area contributed by atoms with Gasteiger partial charge in [-0.1, -0.05) is 12.1 Å². The van der Waals surface area contributed by atoms with Gasteiger partial charge >= 0.3 is 11.9 Å². The number of piperidine rings is 1. The van der Waals surface area contributed by atoms with Crippen LogP contribution in [0.15, 0.2) is 24.3 Å². The summed E-state index contributed by atoms with van der Waals surface area (Å²) >= 11 is 0. The van der Waals surface area contributed by atoms with Crippen LogP contribution in [0.4, 0.5) is 0 Å². The number of rotatable bonds is 10. The van der Waals surface area contributed by atoms with Crippen molar-refractivity contribution in [3.05, 3.63) is 46.5 Å². The zero-order valence-corrected chi connectivity index (χ0v) is 24.0. The molecule has 11 heteroatoms. The normalized spacial score (nSPS) is 16.1. The van der Waals surface area contributed by atoms with E-state index in [1.807, 2.05) is 0 Å². The molecule has 2 aromatic carbocycles. The molecule has 0 amide bonds. The van der Waals surface area contributed by atoms with Crippen LogP contribution in [-0.2, 0) is 14.3 Å². The minimum Gasteiger partial charge on any atom is -0.539 e. The van der Waals surface area contributed by atoms with Crippen LogP contribution < -0.4 is 29.0 Å². The summed E-state index contributed by atoms with van der Waals surface area (Å²) in [5.74, 6) is -1.55. The Morgan fingerprint density at radius 1 is 0.925 bits per heavy atom. The van der Waals surface area contributed by atoms with E-state index < -0.39 is 17.9 Å². The highest BCUT2D eigenvalue weighted by Crippen LogP contribution is 2.38. The van der Waals surface area contributed by atoms with Gasteiger partial charge in [0.25, 0.3) is 0 Å². The largest absolute Gasteiger partial charge is 0.539 e. The van der Waals surface area contributed by atoms with Gasteiger partial charge in [0.2, 0.25) is 5.75 Å². The predicted octanol–water partition coefficient (Wildman–Crippen LogP) is 1.17. The van der Waals surface area contributed by atoms with Crippen LogP contribution in [0, 0.1) is 13.8 Å². The number of aryl methyl sites for hydroxylation is 2. The number of esters is 1. The number of nitrogens with one attached hydrogen (secondary N) is 1. The quantitative estimate of drug-likeness (QED) is 0.246. The van der Waals surface area contributed by atoms with Crippen molar-refractivity contribution < 1.29 is 53.2 Å². The molecule has 11 nitrogen and oxygen atoms in total. The average Bonchev–Trinajstić information content (AvgIpc) is 2.94. The van der Waals surface area contributed by atoms with Gasteiger partial charge in [0, 0.05) is 12.3 Å². The lowest BCUT2D eigenvalue weighted by Gasteiger charge is -2.30. The molecule has 2 N–H and O–H groups in total. The summed E-state index contributed by atoms with van der Waals surface area (Å²) in [7, 11) is 6.31. The van der Waals surface area contributed by atoms with E-state index in [-0.39, 0.29) is 0 Å². The Morgan fingerprint density at radius 2 is 1.48 bits per heavy atom. The lowest BCUT2D eigenvalue weighted by atomic mass is 9.88. The summed E-state index contributed by atoms with van der Waals surface area (Å²) in [6.45, 7) is 7.85. The first-order chi connectivity index (χ1) is 19.1. The standard InChI is InChI=1S/C27H37NO6.C2H2O4/c1-18-13-21(14-19(2)25(18)32-5)20-9-7-10-28(17-20)11-8-12-34-27(29)22-15-23(30-3)26(33-6)24(16-22)31-4;3-1(4)2(5)6/h13-16,20H,7-12,17H2,1-6H3;(H,3,4)(H,5,6). The molecule has 1 aliphatic rings. The molecule has 0 saturated carbocycles. The Morgan fingerprint density at radius 3 is 1.95 bits per heavy atom. The van der Waals surface area contributed by atoms with Crippen LogP contribution in [0.2, 0.25) is 0 Å². The number of likely N-dealkylation sites (tertiary alicyclic amines) is 1. The van der Waals surface area contributed by atoms with E-state index in [0.717, 1.165) is 31.8 Å². The number of carbonyl (C=O) groups is 3. The maximum absolute atomic E-state index is 12.6. The third kappa shape index (κ3) is 8.77. The molecule has 1 fully saturated rings.